The van der Waals surface area contributed by atoms with E-state index in [1.165, 1.54) is 5.56 Å². The van der Waals surface area contributed by atoms with Crippen LogP contribution in [0.25, 0.3) is 11.3 Å². The molecule has 0 saturated heterocycles. The highest BCUT2D eigenvalue weighted by molar-refractivity contribution is 7.91. The highest BCUT2D eigenvalue weighted by Gasteiger charge is 2.26. The van der Waals surface area contributed by atoms with Gasteiger partial charge in [-0.1, -0.05) is 38.1 Å². The van der Waals surface area contributed by atoms with Gasteiger partial charge in [-0.25, -0.2) is 23.4 Å². The number of hydrogen-bond donors (Lipinski definition) is 1. The zero-order valence-corrected chi connectivity index (χ0v) is 24.2. The summed E-state index contributed by atoms with van der Waals surface area (Å²) in [5, 5.41) is 2.95. The smallest absolute Gasteiger partial charge is 0.251 e. The summed E-state index contributed by atoms with van der Waals surface area (Å²) in [7, 11) is -1.67. The molecule has 1 aliphatic rings. The quantitative estimate of drug-likeness (QED) is 0.305. The van der Waals surface area contributed by atoms with Gasteiger partial charge >= 0.3 is 0 Å². The van der Waals surface area contributed by atoms with Crippen LogP contribution in [0.1, 0.15) is 53.2 Å². The van der Waals surface area contributed by atoms with Gasteiger partial charge in [0.15, 0.2) is 9.84 Å². The summed E-state index contributed by atoms with van der Waals surface area (Å²) in [6.07, 6.45) is 4.49. The lowest BCUT2D eigenvalue weighted by atomic mass is 9.87. The lowest BCUT2D eigenvalue weighted by Crippen LogP contribution is -2.35. The molecule has 1 amide bonds. The van der Waals surface area contributed by atoms with Gasteiger partial charge in [0.25, 0.3) is 5.91 Å². The molecule has 1 N–H and O–H groups in total. The highest BCUT2D eigenvalue weighted by Crippen LogP contribution is 2.33. The van der Waals surface area contributed by atoms with E-state index < -0.39 is 9.84 Å². The maximum absolute atomic E-state index is 13.0. The van der Waals surface area contributed by atoms with Crippen molar-refractivity contribution in [2.45, 2.75) is 44.2 Å². The van der Waals surface area contributed by atoms with E-state index in [0.717, 1.165) is 35.3 Å². The molecular formula is C31H33N5O4S. The van der Waals surface area contributed by atoms with E-state index in [1.54, 1.807) is 56.8 Å². The van der Waals surface area contributed by atoms with Crippen LogP contribution >= 0.6 is 0 Å². The van der Waals surface area contributed by atoms with Crippen LogP contribution in [0.3, 0.4) is 0 Å². The first-order valence-corrected chi connectivity index (χ1v) is 15.3. The van der Waals surface area contributed by atoms with Gasteiger partial charge in [0.05, 0.1) is 23.5 Å². The second-order valence-electron chi connectivity index (χ2n) is 9.97. The van der Waals surface area contributed by atoms with Crippen molar-refractivity contribution in [1.29, 1.82) is 0 Å². The number of carbonyl (C=O) groups excluding carboxylic acids is 1. The topological polar surface area (TPSA) is 114 Å². The number of ether oxygens (including phenoxy) is 1. The Hall–Kier alpha value is -4.31. The zero-order chi connectivity index (χ0) is 29.0. The average Bonchev–Trinajstić information content (AvgIpc) is 3.03. The van der Waals surface area contributed by atoms with E-state index in [0.29, 0.717) is 30.5 Å². The first kappa shape index (κ1) is 28.2. The van der Waals surface area contributed by atoms with Crippen LogP contribution in [0.2, 0.25) is 0 Å². The van der Waals surface area contributed by atoms with Gasteiger partial charge in [-0.3, -0.25) is 4.79 Å². The number of nitrogens with one attached hydrogen (secondary N) is 1. The molecule has 4 aromatic rings. The highest BCUT2D eigenvalue weighted by atomic mass is 32.2. The molecule has 5 rings (SSSR count). The van der Waals surface area contributed by atoms with E-state index >= 15 is 0 Å². The van der Waals surface area contributed by atoms with Gasteiger partial charge in [0, 0.05) is 55.1 Å². The number of fused-ring (bicyclic) bond motifs is 1. The standard InChI is InChI=1S/C31H33N5O4S/c1-4-22-19-36(31-33-17-25(18-34-31)28-7-6-8-29(35-28)40-3)20-24-15-23(11-14-27(22)24)30(37)32-16-21-9-12-26(13-10-21)41(38,39)5-2/h6-15,17-18,22H,4-5,16,19-20H2,1-3H3,(H,32,37)/t22-/m1/s1. The number of nitrogens with zero attached hydrogens (tertiary/aromatic N) is 4. The molecule has 0 saturated carbocycles. The molecule has 1 aliphatic heterocycles. The van der Waals surface area contributed by atoms with Gasteiger partial charge in [-0.2, -0.15) is 0 Å². The maximum atomic E-state index is 13.0. The third-order valence-corrected chi connectivity index (χ3v) is 9.16. The number of hydrogen-bond acceptors (Lipinski definition) is 8. The number of pyridine rings is 1. The van der Waals surface area contributed by atoms with Crippen LogP contribution in [-0.2, 0) is 22.9 Å². The van der Waals surface area contributed by atoms with Gasteiger partial charge in [-0.05, 0) is 53.4 Å². The Morgan fingerprint density at radius 3 is 2.49 bits per heavy atom. The third-order valence-electron chi connectivity index (χ3n) is 7.40. The van der Waals surface area contributed by atoms with Crippen LogP contribution in [0.15, 0.2) is 78.0 Å². The summed E-state index contributed by atoms with van der Waals surface area (Å²) in [4.78, 5) is 29.2. The fourth-order valence-corrected chi connectivity index (χ4v) is 5.87. The molecule has 0 aliphatic carbocycles. The van der Waals surface area contributed by atoms with Crippen molar-refractivity contribution in [2.24, 2.45) is 0 Å². The maximum Gasteiger partial charge on any atom is 0.251 e. The van der Waals surface area contributed by atoms with Crippen LogP contribution in [0.4, 0.5) is 5.95 Å². The molecular weight excluding hydrogens is 538 g/mol. The Bertz CT molecular complexity index is 1640. The fourth-order valence-electron chi connectivity index (χ4n) is 4.99. The van der Waals surface area contributed by atoms with Crippen molar-refractivity contribution < 1.29 is 17.9 Å². The minimum absolute atomic E-state index is 0.0516. The van der Waals surface area contributed by atoms with Gasteiger partial charge in [0.2, 0.25) is 11.8 Å². The Kier molecular flexibility index (Phi) is 8.30. The lowest BCUT2D eigenvalue weighted by Gasteiger charge is -2.34. The molecule has 212 valence electrons. The Morgan fingerprint density at radius 2 is 1.80 bits per heavy atom. The molecule has 0 fully saturated rings. The number of aromatic nitrogens is 3. The monoisotopic (exact) mass is 571 g/mol. The van der Waals surface area contributed by atoms with E-state index in [4.69, 9.17) is 4.74 Å². The molecule has 1 atom stereocenters. The average molecular weight is 572 g/mol. The Labute approximate surface area is 240 Å². The summed E-state index contributed by atoms with van der Waals surface area (Å²) >= 11 is 0. The van der Waals surface area contributed by atoms with Crippen molar-refractivity contribution in [1.82, 2.24) is 20.3 Å². The molecule has 0 spiro atoms. The van der Waals surface area contributed by atoms with Crippen molar-refractivity contribution >= 4 is 21.7 Å². The van der Waals surface area contributed by atoms with E-state index in [9.17, 15) is 13.2 Å². The molecule has 3 heterocycles. The molecule has 9 nitrogen and oxygen atoms in total. The SMILES string of the molecule is CC[C@@H]1CN(c2ncc(-c3cccc(OC)n3)cn2)Cc2cc(C(=O)NCc3ccc(S(=O)(=O)CC)cc3)ccc21. The van der Waals surface area contributed by atoms with Crippen LogP contribution < -0.4 is 15.0 Å². The molecule has 41 heavy (non-hydrogen) atoms. The summed E-state index contributed by atoms with van der Waals surface area (Å²) in [5.74, 6) is 1.32. The van der Waals surface area contributed by atoms with Crippen LogP contribution in [0.5, 0.6) is 5.88 Å². The summed E-state index contributed by atoms with van der Waals surface area (Å²) in [5.41, 5.74) is 5.26. The Morgan fingerprint density at radius 1 is 1.05 bits per heavy atom. The lowest BCUT2D eigenvalue weighted by molar-refractivity contribution is 0.0950. The number of anilines is 1. The first-order valence-electron chi connectivity index (χ1n) is 13.6. The summed E-state index contributed by atoms with van der Waals surface area (Å²) < 4.78 is 29.3. The molecule has 0 bridgehead atoms. The van der Waals surface area contributed by atoms with Crippen LogP contribution in [0, 0.1) is 0 Å². The molecule has 0 unspecified atom stereocenters. The van der Waals surface area contributed by atoms with E-state index in [-0.39, 0.29) is 22.5 Å². The fraction of sp³-hybridized carbons (Fsp3) is 0.290. The van der Waals surface area contributed by atoms with Crippen molar-refractivity contribution in [3.63, 3.8) is 0 Å². The van der Waals surface area contributed by atoms with Crippen molar-refractivity contribution in [2.75, 3.05) is 24.3 Å². The van der Waals surface area contributed by atoms with E-state index in [2.05, 4.69) is 38.2 Å². The molecule has 2 aromatic carbocycles. The third kappa shape index (κ3) is 6.22. The van der Waals surface area contributed by atoms with Crippen molar-refractivity contribution in [3.05, 3.63) is 95.3 Å². The van der Waals surface area contributed by atoms with Gasteiger partial charge < -0.3 is 15.0 Å². The minimum atomic E-state index is -3.25. The van der Waals surface area contributed by atoms with Gasteiger partial charge in [-0.15, -0.1) is 0 Å². The largest absolute Gasteiger partial charge is 0.481 e. The molecule has 10 heteroatoms. The number of sulfone groups is 1. The minimum Gasteiger partial charge on any atom is -0.481 e. The van der Waals surface area contributed by atoms with Crippen molar-refractivity contribution in [3.8, 4) is 17.1 Å². The summed E-state index contributed by atoms with van der Waals surface area (Å²) in [6.45, 7) is 5.46. The van der Waals surface area contributed by atoms with Gasteiger partial charge in [0.1, 0.15) is 0 Å². The number of amides is 1. The second kappa shape index (κ2) is 12.1. The predicted octanol–water partition coefficient (Wildman–Crippen LogP) is 4.78. The number of carbonyl (C=O) groups is 1. The number of rotatable bonds is 9. The number of benzene rings is 2. The van der Waals surface area contributed by atoms with E-state index in [1.807, 2.05) is 24.3 Å². The zero-order valence-electron chi connectivity index (χ0n) is 23.4. The first-order chi connectivity index (χ1) is 19.8. The van der Waals surface area contributed by atoms with Crippen LogP contribution in [-0.4, -0.2) is 48.7 Å². The second-order valence-corrected chi connectivity index (χ2v) is 12.2. The number of methoxy groups -OCH3 is 1. The summed E-state index contributed by atoms with van der Waals surface area (Å²) in [6, 6.07) is 18.1. The normalized spacial score (nSPS) is 14.8. The Balaban J connectivity index is 1.29. The molecule has 2 aromatic heterocycles. The molecule has 0 radical (unpaired) electrons. The predicted molar refractivity (Wildman–Crippen MR) is 158 cm³/mol.